The molecule has 0 aromatic carbocycles. The van der Waals surface area contributed by atoms with Crippen molar-refractivity contribution in [1.29, 1.82) is 0 Å². The average molecular weight is 226 g/mol. The lowest BCUT2D eigenvalue weighted by Crippen LogP contribution is -2.00. The predicted octanol–water partition coefficient (Wildman–Crippen LogP) is 2.18. The summed E-state index contributed by atoms with van der Waals surface area (Å²) in [6.45, 7) is 1.93. The second kappa shape index (κ2) is 4.16. The van der Waals surface area contributed by atoms with Crippen LogP contribution in [0, 0.1) is 6.92 Å². The SMILES string of the molecule is Cc1csc(C(O)Cc2nccs2)n1. The molecule has 0 radical (unpaired) electrons. The number of aromatic nitrogens is 2. The molecular formula is C9H10N2OS2. The summed E-state index contributed by atoms with van der Waals surface area (Å²) >= 11 is 3.05. The molecule has 14 heavy (non-hydrogen) atoms. The van der Waals surface area contributed by atoms with E-state index in [2.05, 4.69) is 9.97 Å². The number of rotatable bonds is 3. The molecule has 2 heterocycles. The van der Waals surface area contributed by atoms with Gasteiger partial charge in [-0.3, -0.25) is 0 Å². The first kappa shape index (κ1) is 9.76. The highest BCUT2D eigenvalue weighted by Crippen LogP contribution is 2.22. The van der Waals surface area contributed by atoms with Gasteiger partial charge in [-0.1, -0.05) is 0 Å². The van der Waals surface area contributed by atoms with Crippen LogP contribution >= 0.6 is 22.7 Å². The Labute approximate surface area is 90.1 Å². The summed E-state index contributed by atoms with van der Waals surface area (Å²) in [5.74, 6) is 0. The zero-order valence-corrected chi connectivity index (χ0v) is 9.31. The molecule has 0 spiro atoms. The Morgan fingerprint density at radius 1 is 1.50 bits per heavy atom. The van der Waals surface area contributed by atoms with Gasteiger partial charge in [-0.25, -0.2) is 9.97 Å². The fourth-order valence-corrected chi connectivity index (χ4v) is 2.57. The Bertz CT molecular complexity index is 397. The largest absolute Gasteiger partial charge is 0.385 e. The van der Waals surface area contributed by atoms with Gasteiger partial charge in [0.25, 0.3) is 0 Å². The molecule has 0 aliphatic rings. The van der Waals surface area contributed by atoms with Gasteiger partial charge in [-0.15, -0.1) is 22.7 Å². The average Bonchev–Trinajstić information content (AvgIpc) is 2.75. The first-order chi connectivity index (χ1) is 6.75. The van der Waals surface area contributed by atoms with E-state index in [9.17, 15) is 5.11 Å². The maximum atomic E-state index is 9.82. The summed E-state index contributed by atoms with van der Waals surface area (Å²) in [4.78, 5) is 8.36. The topological polar surface area (TPSA) is 46.0 Å². The van der Waals surface area contributed by atoms with E-state index in [1.165, 1.54) is 11.3 Å². The monoisotopic (exact) mass is 226 g/mol. The molecule has 0 aliphatic carbocycles. The predicted molar refractivity (Wildman–Crippen MR) is 57.6 cm³/mol. The standard InChI is InChI=1S/C9H10N2OS2/c1-6-5-14-9(11-6)7(12)4-8-10-2-3-13-8/h2-3,5,7,12H,4H2,1H3. The molecule has 0 amide bonds. The third-order valence-electron chi connectivity index (χ3n) is 1.77. The van der Waals surface area contributed by atoms with E-state index in [4.69, 9.17) is 0 Å². The van der Waals surface area contributed by atoms with Gasteiger partial charge in [0.1, 0.15) is 11.1 Å². The molecule has 1 unspecified atom stereocenters. The van der Waals surface area contributed by atoms with Crippen LogP contribution in [-0.4, -0.2) is 15.1 Å². The van der Waals surface area contributed by atoms with Gasteiger partial charge < -0.3 is 5.11 Å². The van der Waals surface area contributed by atoms with Crippen molar-refractivity contribution in [3.05, 3.63) is 32.7 Å². The lowest BCUT2D eigenvalue weighted by molar-refractivity contribution is 0.177. The first-order valence-corrected chi connectivity index (χ1v) is 6.00. The van der Waals surface area contributed by atoms with Crippen LogP contribution in [0.5, 0.6) is 0 Å². The molecule has 1 N–H and O–H groups in total. The second-order valence-electron chi connectivity index (χ2n) is 2.97. The Balaban J connectivity index is 2.06. The van der Waals surface area contributed by atoms with Crippen molar-refractivity contribution < 1.29 is 5.11 Å². The molecule has 5 heteroatoms. The lowest BCUT2D eigenvalue weighted by Gasteiger charge is -2.03. The third-order valence-corrected chi connectivity index (χ3v) is 3.64. The van der Waals surface area contributed by atoms with Crippen molar-refractivity contribution in [2.24, 2.45) is 0 Å². The number of thiazole rings is 2. The van der Waals surface area contributed by atoms with E-state index in [0.717, 1.165) is 15.7 Å². The summed E-state index contributed by atoms with van der Waals surface area (Å²) < 4.78 is 0. The second-order valence-corrected chi connectivity index (χ2v) is 4.84. The minimum absolute atomic E-state index is 0.514. The molecule has 74 valence electrons. The molecule has 2 rings (SSSR count). The van der Waals surface area contributed by atoms with Crippen LogP contribution in [0.15, 0.2) is 17.0 Å². The van der Waals surface area contributed by atoms with Gasteiger partial charge in [0.15, 0.2) is 0 Å². The highest BCUT2D eigenvalue weighted by molar-refractivity contribution is 7.10. The van der Waals surface area contributed by atoms with Crippen LogP contribution in [0.3, 0.4) is 0 Å². The van der Waals surface area contributed by atoms with E-state index < -0.39 is 6.10 Å². The highest BCUT2D eigenvalue weighted by Gasteiger charge is 2.13. The molecule has 2 aromatic heterocycles. The minimum Gasteiger partial charge on any atom is -0.385 e. The number of aliphatic hydroxyl groups excluding tert-OH is 1. The fraction of sp³-hybridized carbons (Fsp3) is 0.333. The van der Waals surface area contributed by atoms with E-state index in [0.29, 0.717) is 6.42 Å². The Morgan fingerprint density at radius 3 is 2.93 bits per heavy atom. The third kappa shape index (κ3) is 2.17. The van der Waals surface area contributed by atoms with Gasteiger partial charge in [0.05, 0.1) is 5.01 Å². The van der Waals surface area contributed by atoms with Crippen molar-refractivity contribution >= 4 is 22.7 Å². The van der Waals surface area contributed by atoms with Crippen LogP contribution in [0.2, 0.25) is 0 Å². The Hall–Kier alpha value is -0.780. The lowest BCUT2D eigenvalue weighted by atomic mass is 10.3. The van der Waals surface area contributed by atoms with Gasteiger partial charge in [0.2, 0.25) is 0 Å². The fourth-order valence-electron chi connectivity index (χ4n) is 1.13. The normalized spacial score (nSPS) is 13.0. The summed E-state index contributed by atoms with van der Waals surface area (Å²) in [6.07, 6.45) is 1.80. The quantitative estimate of drug-likeness (QED) is 0.872. The first-order valence-electron chi connectivity index (χ1n) is 4.24. The van der Waals surface area contributed by atoms with Gasteiger partial charge in [-0.05, 0) is 6.92 Å². The van der Waals surface area contributed by atoms with Crippen LogP contribution in [0.25, 0.3) is 0 Å². The Morgan fingerprint density at radius 2 is 2.36 bits per heavy atom. The number of aliphatic hydroxyl groups is 1. The minimum atomic E-state index is -0.514. The van der Waals surface area contributed by atoms with Crippen LogP contribution in [-0.2, 0) is 6.42 Å². The highest BCUT2D eigenvalue weighted by atomic mass is 32.1. The zero-order valence-electron chi connectivity index (χ0n) is 7.67. The molecule has 1 atom stereocenters. The molecule has 2 aromatic rings. The summed E-state index contributed by atoms with van der Waals surface area (Å²) in [5.41, 5.74) is 0.961. The molecule has 0 fully saturated rings. The van der Waals surface area contributed by atoms with Crippen molar-refractivity contribution in [3.8, 4) is 0 Å². The van der Waals surface area contributed by atoms with Gasteiger partial charge in [0, 0.05) is 29.1 Å². The smallest absolute Gasteiger partial charge is 0.122 e. The molecule has 3 nitrogen and oxygen atoms in total. The zero-order chi connectivity index (χ0) is 9.97. The van der Waals surface area contributed by atoms with E-state index in [1.54, 1.807) is 17.5 Å². The molecule has 0 saturated heterocycles. The van der Waals surface area contributed by atoms with Crippen LogP contribution in [0.1, 0.15) is 21.8 Å². The van der Waals surface area contributed by atoms with E-state index in [1.807, 2.05) is 17.7 Å². The summed E-state index contributed by atoms with van der Waals surface area (Å²) in [5, 5.41) is 15.4. The van der Waals surface area contributed by atoms with Crippen molar-refractivity contribution in [3.63, 3.8) is 0 Å². The van der Waals surface area contributed by atoms with Gasteiger partial charge >= 0.3 is 0 Å². The summed E-state index contributed by atoms with van der Waals surface area (Å²) in [6, 6.07) is 0. The number of hydrogen-bond donors (Lipinski definition) is 1. The maximum Gasteiger partial charge on any atom is 0.122 e. The molecule has 0 aliphatic heterocycles. The van der Waals surface area contributed by atoms with E-state index >= 15 is 0 Å². The Kier molecular flexibility index (Phi) is 2.90. The molecular weight excluding hydrogens is 216 g/mol. The number of hydrogen-bond acceptors (Lipinski definition) is 5. The van der Waals surface area contributed by atoms with Crippen LogP contribution < -0.4 is 0 Å². The molecule has 0 saturated carbocycles. The number of aryl methyl sites for hydroxylation is 1. The van der Waals surface area contributed by atoms with Crippen LogP contribution in [0.4, 0.5) is 0 Å². The van der Waals surface area contributed by atoms with E-state index in [-0.39, 0.29) is 0 Å². The molecule has 0 bridgehead atoms. The van der Waals surface area contributed by atoms with Crippen molar-refractivity contribution in [1.82, 2.24) is 9.97 Å². The van der Waals surface area contributed by atoms with Crippen molar-refractivity contribution in [2.75, 3.05) is 0 Å². The van der Waals surface area contributed by atoms with Crippen molar-refractivity contribution in [2.45, 2.75) is 19.4 Å². The number of nitrogens with zero attached hydrogens (tertiary/aromatic N) is 2. The van der Waals surface area contributed by atoms with Gasteiger partial charge in [-0.2, -0.15) is 0 Å². The summed E-state index contributed by atoms with van der Waals surface area (Å²) in [7, 11) is 0. The maximum absolute atomic E-state index is 9.82.